The summed E-state index contributed by atoms with van der Waals surface area (Å²) >= 11 is 3.59. The zero-order valence-corrected chi connectivity index (χ0v) is 13.5. The SMILES string of the molecule is CCC(C)(C)NCCN(C)Cc1ccccc1Br. The Hall–Kier alpha value is -0.380. The van der Waals surface area contributed by atoms with Gasteiger partial charge in [-0.3, -0.25) is 0 Å². The maximum atomic E-state index is 3.59. The van der Waals surface area contributed by atoms with Gasteiger partial charge in [0.05, 0.1) is 0 Å². The summed E-state index contributed by atoms with van der Waals surface area (Å²) in [7, 11) is 2.17. The third kappa shape index (κ3) is 5.51. The normalized spacial score (nSPS) is 12.1. The van der Waals surface area contributed by atoms with Crippen molar-refractivity contribution in [1.29, 1.82) is 0 Å². The summed E-state index contributed by atoms with van der Waals surface area (Å²) in [6.45, 7) is 9.79. The average Bonchev–Trinajstić information content (AvgIpc) is 2.32. The van der Waals surface area contributed by atoms with Gasteiger partial charge in [0.1, 0.15) is 0 Å². The Kier molecular flexibility index (Phi) is 6.33. The summed E-state index contributed by atoms with van der Waals surface area (Å²) in [5.74, 6) is 0. The van der Waals surface area contributed by atoms with Gasteiger partial charge in [-0.05, 0) is 38.9 Å². The van der Waals surface area contributed by atoms with Crippen molar-refractivity contribution in [3.05, 3.63) is 34.3 Å². The molecule has 0 bridgehead atoms. The molecule has 0 heterocycles. The predicted molar refractivity (Wildman–Crippen MR) is 82.8 cm³/mol. The second-order valence-electron chi connectivity index (χ2n) is 5.49. The minimum absolute atomic E-state index is 0.244. The third-order valence-electron chi connectivity index (χ3n) is 3.38. The van der Waals surface area contributed by atoms with Gasteiger partial charge < -0.3 is 10.2 Å². The molecule has 0 radical (unpaired) electrons. The minimum Gasteiger partial charge on any atom is -0.311 e. The lowest BCUT2D eigenvalue weighted by Crippen LogP contribution is -2.42. The molecular weight excluding hydrogens is 288 g/mol. The molecule has 0 fully saturated rings. The van der Waals surface area contributed by atoms with Crippen molar-refractivity contribution in [2.24, 2.45) is 0 Å². The molecule has 0 aliphatic carbocycles. The Balaban J connectivity index is 2.34. The molecule has 0 spiro atoms. The van der Waals surface area contributed by atoms with Gasteiger partial charge in [0.2, 0.25) is 0 Å². The fourth-order valence-electron chi connectivity index (χ4n) is 1.71. The molecular formula is C15H25BrN2. The van der Waals surface area contributed by atoms with Crippen molar-refractivity contribution < 1.29 is 0 Å². The largest absolute Gasteiger partial charge is 0.311 e. The highest BCUT2D eigenvalue weighted by Gasteiger charge is 2.13. The van der Waals surface area contributed by atoms with Crippen LogP contribution in [0.3, 0.4) is 0 Å². The van der Waals surface area contributed by atoms with Gasteiger partial charge in [-0.2, -0.15) is 0 Å². The lowest BCUT2D eigenvalue weighted by atomic mass is 10.0. The van der Waals surface area contributed by atoms with E-state index < -0.39 is 0 Å². The zero-order chi connectivity index (χ0) is 13.6. The summed E-state index contributed by atoms with van der Waals surface area (Å²) in [4.78, 5) is 2.35. The monoisotopic (exact) mass is 312 g/mol. The Bertz CT molecular complexity index is 363. The molecule has 0 aliphatic heterocycles. The summed E-state index contributed by atoms with van der Waals surface area (Å²) in [5, 5.41) is 3.59. The number of nitrogens with one attached hydrogen (secondary N) is 1. The van der Waals surface area contributed by atoms with E-state index in [-0.39, 0.29) is 5.54 Å². The smallest absolute Gasteiger partial charge is 0.0242 e. The first-order valence-corrected chi connectivity index (χ1v) is 7.41. The second-order valence-corrected chi connectivity index (χ2v) is 6.35. The van der Waals surface area contributed by atoms with Gasteiger partial charge in [0.15, 0.2) is 0 Å². The minimum atomic E-state index is 0.244. The summed E-state index contributed by atoms with van der Waals surface area (Å²) in [6.07, 6.45) is 1.15. The molecule has 0 amide bonds. The van der Waals surface area contributed by atoms with Crippen molar-refractivity contribution in [2.75, 3.05) is 20.1 Å². The molecule has 0 unspecified atom stereocenters. The highest BCUT2D eigenvalue weighted by Crippen LogP contribution is 2.17. The highest BCUT2D eigenvalue weighted by atomic mass is 79.9. The van der Waals surface area contributed by atoms with Crippen molar-refractivity contribution in [1.82, 2.24) is 10.2 Å². The number of likely N-dealkylation sites (N-methyl/N-ethyl adjacent to an activating group) is 1. The summed E-state index contributed by atoms with van der Waals surface area (Å²) in [5.41, 5.74) is 1.59. The maximum absolute atomic E-state index is 3.59. The topological polar surface area (TPSA) is 15.3 Å². The molecule has 0 aromatic heterocycles. The van der Waals surface area contributed by atoms with E-state index in [1.165, 1.54) is 10.0 Å². The van der Waals surface area contributed by atoms with E-state index in [0.29, 0.717) is 0 Å². The molecule has 2 nitrogen and oxygen atoms in total. The second kappa shape index (κ2) is 7.27. The van der Waals surface area contributed by atoms with E-state index in [0.717, 1.165) is 26.1 Å². The number of nitrogens with zero attached hydrogens (tertiary/aromatic N) is 1. The van der Waals surface area contributed by atoms with Crippen LogP contribution in [0.5, 0.6) is 0 Å². The van der Waals surface area contributed by atoms with Gasteiger partial charge in [0.25, 0.3) is 0 Å². The molecule has 0 saturated heterocycles. The van der Waals surface area contributed by atoms with Gasteiger partial charge >= 0.3 is 0 Å². The molecule has 18 heavy (non-hydrogen) atoms. The molecule has 0 saturated carbocycles. The number of rotatable bonds is 7. The number of hydrogen-bond donors (Lipinski definition) is 1. The molecule has 1 aromatic rings. The quantitative estimate of drug-likeness (QED) is 0.826. The Labute approximate surface area is 120 Å². The van der Waals surface area contributed by atoms with Crippen molar-refractivity contribution >= 4 is 15.9 Å². The van der Waals surface area contributed by atoms with Gasteiger partial charge in [-0.1, -0.05) is 41.1 Å². The standard InChI is InChI=1S/C15H25BrN2/c1-5-15(2,3)17-10-11-18(4)12-13-8-6-7-9-14(13)16/h6-9,17H,5,10-12H2,1-4H3. The number of hydrogen-bond acceptors (Lipinski definition) is 2. The zero-order valence-electron chi connectivity index (χ0n) is 12.0. The molecule has 1 rings (SSSR count). The van der Waals surface area contributed by atoms with Crippen LogP contribution < -0.4 is 5.32 Å². The van der Waals surface area contributed by atoms with E-state index in [1.807, 2.05) is 0 Å². The first kappa shape index (κ1) is 15.7. The summed E-state index contributed by atoms with van der Waals surface area (Å²) in [6, 6.07) is 8.41. The van der Waals surface area contributed by atoms with Crippen LogP contribution in [-0.2, 0) is 6.54 Å². The Morgan fingerprint density at radius 3 is 2.56 bits per heavy atom. The third-order valence-corrected chi connectivity index (χ3v) is 4.15. The van der Waals surface area contributed by atoms with Crippen molar-refractivity contribution in [2.45, 2.75) is 39.3 Å². The van der Waals surface area contributed by atoms with E-state index in [2.05, 4.69) is 78.2 Å². The molecule has 102 valence electrons. The number of halogens is 1. The van der Waals surface area contributed by atoms with Crippen molar-refractivity contribution in [3.63, 3.8) is 0 Å². The lowest BCUT2D eigenvalue weighted by molar-refractivity contribution is 0.292. The van der Waals surface area contributed by atoms with Gasteiger partial charge in [0, 0.05) is 29.6 Å². The molecule has 1 aromatic carbocycles. The summed E-state index contributed by atoms with van der Waals surface area (Å²) < 4.78 is 1.19. The van der Waals surface area contributed by atoms with Crippen LogP contribution in [0.2, 0.25) is 0 Å². The van der Waals surface area contributed by atoms with Crippen molar-refractivity contribution in [3.8, 4) is 0 Å². The van der Waals surface area contributed by atoms with E-state index in [9.17, 15) is 0 Å². The van der Waals surface area contributed by atoms with E-state index in [1.54, 1.807) is 0 Å². The van der Waals surface area contributed by atoms with Crippen LogP contribution in [-0.4, -0.2) is 30.6 Å². The fraction of sp³-hybridized carbons (Fsp3) is 0.600. The predicted octanol–water partition coefficient (Wildman–Crippen LogP) is 3.66. The van der Waals surface area contributed by atoms with E-state index in [4.69, 9.17) is 0 Å². The van der Waals surface area contributed by atoms with Crippen LogP contribution in [0.15, 0.2) is 28.7 Å². The van der Waals surface area contributed by atoms with Crippen LogP contribution in [0.1, 0.15) is 32.8 Å². The maximum Gasteiger partial charge on any atom is 0.0242 e. The van der Waals surface area contributed by atoms with Crippen LogP contribution in [0, 0.1) is 0 Å². The molecule has 0 atom stereocenters. The van der Waals surface area contributed by atoms with Crippen LogP contribution in [0.25, 0.3) is 0 Å². The molecule has 1 N–H and O–H groups in total. The van der Waals surface area contributed by atoms with Crippen LogP contribution >= 0.6 is 15.9 Å². The highest BCUT2D eigenvalue weighted by molar-refractivity contribution is 9.10. The first-order valence-electron chi connectivity index (χ1n) is 6.61. The fourth-order valence-corrected chi connectivity index (χ4v) is 2.12. The molecule has 0 aliphatic rings. The van der Waals surface area contributed by atoms with Crippen LogP contribution in [0.4, 0.5) is 0 Å². The number of benzene rings is 1. The Morgan fingerprint density at radius 1 is 1.28 bits per heavy atom. The van der Waals surface area contributed by atoms with Gasteiger partial charge in [-0.15, -0.1) is 0 Å². The average molecular weight is 313 g/mol. The first-order chi connectivity index (χ1) is 8.44. The van der Waals surface area contributed by atoms with Gasteiger partial charge in [-0.25, -0.2) is 0 Å². The lowest BCUT2D eigenvalue weighted by Gasteiger charge is -2.26. The van der Waals surface area contributed by atoms with E-state index >= 15 is 0 Å². The molecule has 3 heteroatoms. The Morgan fingerprint density at radius 2 is 1.94 bits per heavy atom.